The summed E-state index contributed by atoms with van der Waals surface area (Å²) in [5, 5.41) is 9.40. The van der Waals surface area contributed by atoms with E-state index in [1.54, 1.807) is 19.2 Å². The number of aromatic carboxylic acids is 1. The summed E-state index contributed by atoms with van der Waals surface area (Å²) in [4.78, 5) is 11.5. The van der Waals surface area contributed by atoms with Gasteiger partial charge in [0.25, 0.3) is 0 Å². The third-order valence-electron chi connectivity index (χ3n) is 3.70. The smallest absolute Gasteiger partial charge is 0.336 e. The average molecular weight is 316 g/mol. The molecule has 1 N–H and O–H groups in total. The Morgan fingerprint density at radius 2 is 1.61 bits per heavy atom. The van der Waals surface area contributed by atoms with E-state index >= 15 is 0 Å². The molecule has 0 atom stereocenters. The molecule has 0 aliphatic heterocycles. The van der Waals surface area contributed by atoms with Gasteiger partial charge >= 0.3 is 5.97 Å². The van der Waals surface area contributed by atoms with E-state index in [0.29, 0.717) is 29.9 Å². The maximum absolute atomic E-state index is 11.5. The Morgan fingerprint density at radius 1 is 0.913 bits per heavy atom. The second kappa shape index (κ2) is 7.54. The van der Waals surface area contributed by atoms with Crippen molar-refractivity contribution < 1.29 is 24.1 Å². The average Bonchev–Trinajstić information content (AvgIpc) is 2.59. The van der Waals surface area contributed by atoms with Crippen molar-refractivity contribution in [2.75, 3.05) is 21.3 Å². The number of ether oxygens (including phenoxy) is 3. The lowest BCUT2D eigenvalue weighted by Gasteiger charge is -2.15. The monoisotopic (exact) mass is 316 g/mol. The van der Waals surface area contributed by atoms with Gasteiger partial charge in [0.1, 0.15) is 5.75 Å². The van der Waals surface area contributed by atoms with Crippen LogP contribution in [-0.2, 0) is 12.8 Å². The van der Waals surface area contributed by atoms with E-state index < -0.39 is 5.97 Å². The topological polar surface area (TPSA) is 65.0 Å². The Morgan fingerprint density at radius 3 is 2.13 bits per heavy atom. The third kappa shape index (κ3) is 3.74. The van der Waals surface area contributed by atoms with E-state index in [1.165, 1.54) is 14.2 Å². The number of carbonyl (C=O) groups is 1. The van der Waals surface area contributed by atoms with Gasteiger partial charge in [-0.2, -0.15) is 0 Å². The fourth-order valence-corrected chi connectivity index (χ4v) is 2.50. The van der Waals surface area contributed by atoms with Gasteiger partial charge in [0, 0.05) is 5.56 Å². The maximum Gasteiger partial charge on any atom is 0.336 e. The zero-order chi connectivity index (χ0) is 16.8. The molecule has 0 aliphatic carbocycles. The SMILES string of the molecule is COc1ccc(CCc2c(C(=O)O)ccc(OC)c2OC)cc1. The van der Waals surface area contributed by atoms with Crippen molar-refractivity contribution in [1.82, 2.24) is 0 Å². The first-order valence-electron chi connectivity index (χ1n) is 7.20. The second-order valence-corrected chi connectivity index (χ2v) is 4.98. The van der Waals surface area contributed by atoms with Gasteiger partial charge in [-0.05, 0) is 42.7 Å². The van der Waals surface area contributed by atoms with Gasteiger partial charge < -0.3 is 19.3 Å². The van der Waals surface area contributed by atoms with Gasteiger partial charge in [0.2, 0.25) is 0 Å². The Kier molecular flexibility index (Phi) is 5.46. The number of benzene rings is 2. The lowest BCUT2D eigenvalue weighted by molar-refractivity contribution is 0.0695. The summed E-state index contributed by atoms with van der Waals surface area (Å²) in [6, 6.07) is 10.9. The summed E-state index contributed by atoms with van der Waals surface area (Å²) in [6.45, 7) is 0. The summed E-state index contributed by atoms with van der Waals surface area (Å²) in [7, 11) is 4.67. The first kappa shape index (κ1) is 16.7. The minimum absolute atomic E-state index is 0.233. The van der Waals surface area contributed by atoms with Gasteiger partial charge in [-0.3, -0.25) is 0 Å². The molecule has 0 aromatic heterocycles. The van der Waals surface area contributed by atoms with Crippen LogP contribution in [0, 0.1) is 0 Å². The number of rotatable bonds is 7. The van der Waals surface area contributed by atoms with Gasteiger partial charge in [-0.1, -0.05) is 12.1 Å². The van der Waals surface area contributed by atoms with Crippen LogP contribution in [0.25, 0.3) is 0 Å². The highest BCUT2D eigenvalue weighted by molar-refractivity contribution is 5.90. The van der Waals surface area contributed by atoms with E-state index in [4.69, 9.17) is 14.2 Å². The molecule has 2 aromatic rings. The maximum atomic E-state index is 11.5. The van der Waals surface area contributed by atoms with Crippen molar-refractivity contribution in [3.63, 3.8) is 0 Å². The van der Waals surface area contributed by atoms with E-state index in [2.05, 4.69) is 0 Å². The molecule has 0 fully saturated rings. The van der Waals surface area contributed by atoms with Crippen LogP contribution in [0.2, 0.25) is 0 Å². The Bertz CT molecular complexity index is 677. The fourth-order valence-electron chi connectivity index (χ4n) is 2.50. The van der Waals surface area contributed by atoms with Gasteiger partial charge in [-0.25, -0.2) is 4.79 Å². The molecule has 0 heterocycles. The summed E-state index contributed by atoms with van der Waals surface area (Å²) in [5.74, 6) is 0.817. The van der Waals surface area contributed by atoms with Crippen LogP contribution < -0.4 is 14.2 Å². The molecule has 5 nitrogen and oxygen atoms in total. The predicted molar refractivity (Wildman–Crippen MR) is 86.9 cm³/mol. The predicted octanol–water partition coefficient (Wildman–Crippen LogP) is 3.20. The van der Waals surface area contributed by atoms with Crippen molar-refractivity contribution in [2.24, 2.45) is 0 Å². The normalized spacial score (nSPS) is 10.2. The van der Waals surface area contributed by atoms with Crippen LogP contribution in [-0.4, -0.2) is 32.4 Å². The van der Waals surface area contributed by atoms with E-state index in [9.17, 15) is 9.90 Å². The van der Waals surface area contributed by atoms with Crippen molar-refractivity contribution in [3.8, 4) is 17.2 Å². The molecule has 0 amide bonds. The first-order valence-corrected chi connectivity index (χ1v) is 7.20. The molecule has 0 radical (unpaired) electrons. The Labute approximate surface area is 135 Å². The molecule has 0 bridgehead atoms. The van der Waals surface area contributed by atoms with Crippen molar-refractivity contribution >= 4 is 5.97 Å². The highest BCUT2D eigenvalue weighted by Crippen LogP contribution is 2.34. The van der Waals surface area contributed by atoms with Crippen molar-refractivity contribution in [3.05, 3.63) is 53.1 Å². The minimum atomic E-state index is -0.976. The molecule has 2 aromatic carbocycles. The zero-order valence-corrected chi connectivity index (χ0v) is 13.5. The van der Waals surface area contributed by atoms with Crippen LogP contribution in [0.4, 0.5) is 0 Å². The number of aryl methyl sites for hydroxylation is 1. The highest BCUT2D eigenvalue weighted by Gasteiger charge is 2.18. The van der Waals surface area contributed by atoms with Crippen LogP contribution >= 0.6 is 0 Å². The quantitative estimate of drug-likeness (QED) is 0.850. The molecule has 0 spiro atoms. The van der Waals surface area contributed by atoms with Gasteiger partial charge in [-0.15, -0.1) is 0 Å². The molecule has 122 valence electrons. The molecule has 2 rings (SSSR count). The van der Waals surface area contributed by atoms with Crippen molar-refractivity contribution in [1.29, 1.82) is 0 Å². The summed E-state index contributed by atoms with van der Waals surface area (Å²) in [5.41, 5.74) is 1.96. The van der Waals surface area contributed by atoms with Crippen LogP contribution in [0.1, 0.15) is 21.5 Å². The lowest BCUT2D eigenvalue weighted by atomic mass is 9.98. The molecule has 23 heavy (non-hydrogen) atoms. The molecule has 0 aliphatic rings. The number of methoxy groups -OCH3 is 3. The number of hydrogen-bond donors (Lipinski definition) is 1. The van der Waals surface area contributed by atoms with Gasteiger partial charge in [0.15, 0.2) is 11.5 Å². The summed E-state index contributed by atoms with van der Waals surface area (Å²) >= 11 is 0. The third-order valence-corrected chi connectivity index (χ3v) is 3.70. The molecular weight excluding hydrogens is 296 g/mol. The Hall–Kier alpha value is -2.69. The summed E-state index contributed by atoms with van der Waals surface area (Å²) < 4.78 is 15.8. The van der Waals surface area contributed by atoms with Crippen LogP contribution in [0.5, 0.6) is 17.2 Å². The fraction of sp³-hybridized carbons (Fsp3) is 0.278. The van der Waals surface area contributed by atoms with E-state index in [1.807, 2.05) is 24.3 Å². The minimum Gasteiger partial charge on any atom is -0.497 e. The largest absolute Gasteiger partial charge is 0.497 e. The van der Waals surface area contributed by atoms with Crippen LogP contribution in [0.15, 0.2) is 36.4 Å². The number of carboxylic acid groups (broad SMARTS) is 1. The lowest BCUT2D eigenvalue weighted by Crippen LogP contribution is -2.07. The standard InChI is InChI=1S/C18H20O5/c1-21-13-7-4-12(5-8-13)6-9-14-15(18(19)20)10-11-16(22-2)17(14)23-3/h4-5,7-8,10-11H,6,9H2,1-3H3,(H,19,20). The molecule has 0 unspecified atom stereocenters. The number of hydrogen-bond acceptors (Lipinski definition) is 4. The Balaban J connectivity index is 2.30. The first-order chi connectivity index (χ1) is 11.1. The van der Waals surface area contributed by atoms with E-state index in [0.717, 1.165) is 11.3 Å². The van der Waals surface area contributed by atoms with Crippen molar-refractivity contribution in [2.45, 2.75) is 12.8 Å². The van der Waals surface area contributed by atoms with Gasteiger partial charge in [0.05, 0.1) is 26.9 Å². The highest BCUT2D eigenvalue weighted by atomic mass is 16.5. The molecule has 0 saturated carbocycles. The molecule has 5 heteroatoms. The summed E-state index contributed by atoms with van der Waals surface area (Å²) in [6.07, 6.45) is 1.22. The number of carboxylic acids is 1. The van der Waals surface area contributed by atoms with E-state index in [-0.39, 0.29) is 5.56 Å². The van der Waals surface area contributed by atoms with Crippen LogP contribution in [0.3, 0.4) is 0 Å². The molecular formula is C18H20O5. The molecule has 0 saturated heterocycles. The second-order valence-electron chi connectivity index (χ2n) is 4.98. The zero-order valence-electron chi connectivity index (χ0n) is 13.5.